The molecule has 0 unspecified atom stereocenters. The van der Waals surface area contributed by atoms with E-state index in [0.717, 1.165) is 11.1 Å². The Bertz CT molecular complexity index is 1470. The quantitative estimate of drug-likeness (QED) is 0.333. The number of pyridine rings is 1. The SMILES string of the molecule is Cc1ccc(-c2noc([C@H]3C[C@@H]3F)n2)cc1NC(=O)c1cnn2cc(C#C[Si](C)(C)C)ccc12. The van der Waals surface area contributed by atoms with Gasteiger partial charge in [-0.15, -0.1) is 5.54 Å². The maximum Gasteiger partial charge on any atom is 0.259 e. The number of nitrogens with zero attached hydrogens (tertiary/aromatic N) is 4. The molecule has 0 bridgehead atoms. The van der Waals surface area contributed by atoms with E-state index in [1.165, 1.54) is 0 Å². The molecule has 0 saturated heterocycles. The zero-order valence-electron chi connectivity index (χ0n) is 19.4. The molecule has 172 valence electrons. The van der Waals surface area contributed by atoms with Crippen molar-refractivity contribution in [3.8, 4) is 22.9 Å². The van der Waals surface area contributed by atoms with Gasteiger partial charge in [-0.1, -0.05) is 42.9 Å². The van der Waals surface area contributed by atoms with E-state index < -0.39 is 14.2 Å². The Labute approximate surface area is 197 Å². The lowest BCUT2D eigenvalue weighted by atomic mass is 10.1. The topological polar surface area (TPSA) is 85.3 Å². The summed E-state index contributed by atoms with van der Waals surface area (Å²) in [6, 6.07) is 9.27. The monoisotopic (exact) mass is 473 g/mol. The Morgan fingerprint density at radius 3 is 2.79 bits per heavy atom. The Morgan fingerprint density at radius 2 is 2.06 bits per heavy atom. The van der Waals surface area contributed by atoms with E-state index in [2.05, 4.69) is 51.7 Å². The first-order valence-electron chi connectivity index (χ1n) is 11.1. The number of rotatable bonds is 4. The zero-order chi connectivity index (χ0) is 24.0. The maximum atomic E-state index is 13.3. The van der Waals surface area contributed by atoms with Crippen molar-refractivity contribution < 1.29 is 13.7 Å². The van der Waals surface area contributed by atoms with E-state index in [1.807, 2.05) is 37.4 Å². The summed E-state index contributed by atoms with van der Waals surface area (Å²) in [5.41, 5.74) is 7.53. The summed E-state index contributed by atoms with van der Waals surface area (Å²) in [7, 11) is -1.49. The Morgan fingerprint density at radius 1 is 1.26 bits per heavy atom. The van der Waals surface area contributed by atoms with Gasteiger partial charge in [-0.25, -0.2) is 8.91 Å². The molecular formula is C25H24FN5O2Si. The number of halogens is 1. The molecule has 0 spiro atoms. The number of aromatic nitrogens is 4. The van der Waals surface area contributed by atoms with Crippen LogP contribution in [0.5, 0.6) is 0 Å². The summed E-state index contributed by atoms with van der Waals surface area (Å²) in [4.78, 5) is 17.4. The van der Waals surface area contributed by atoms with E-state index in [-0.39, 0.29) is 11.8 Å². The number of alkyl halides is 1. The van der Waals surface area contributed by atoms with Gasteiger partial charge in [0.1, 0.15) is 14.2 Å². The first-order chi connectivity index (χ1) is 16.2. The summed E-state index contributed by atoms with van der Waals surface area (Å²) < 4.78 is 20.2. The number of nitrogens with one attached hydrogen (secondary N) is 1. The standard InChI is InChI=1S/C25H24FN5O2Si/c1-15-5-7-17(23-29-25(33-30-23)18-12-20(18)26)11-21(15)28-24(32)19-13-27-31-14-16(6-8-22(19)31)9-10-34(2,3)4/h5-8,11,13-14,18,20H,12H2,1-4H3,(H,28,32)/t18-,20-/m0/s1. The third-order valence-corrected chi connectivity index (χ3v) is 6.43. The average Bonchev–Trinajstić information content (AvgIpc) is 3.17. The molecule has 7 nitrogen and oxygen atoms in total. The van der Waals surface area contributed by atoms with Gasteiger partial charge in [0, 0.05) is 23.0 Å². The van der Waals surface area contributed by atoms with Gasteiger partial charge in [0.25, 0.3) is 5.91 Å². The van der Waals surface area contributed by atoms with Crippen LogP contribution in [0.1, 0.15) is 39.7 Å². The van der Waals surface area contributed by atoms with Crippen LogP contribution in [0.25, 0.3) is 16.9 Å². The van der Waals surface area contributed by atoms with Gasteiger partial charge in [0.2, 0.25) is 11.7 Å². The van der Waals surface area contributed by atoms with Gasteiger partial charge in [0.15, 0.2) is 0 Å². The highest BCUT2D eigenvalue weighted by atomic mass is 28.3. The minimum atomic E-state index is -1.49. The highest BCUT2D eigenvalue weighted by molar-refractivity contribution is 6.83. The molecule has 0 aliphatic heterocycles. The fraction of sp³-hybridized carbons (Fsp3) is 0.280. The fourth-order valence-electron chi connectivity index (χ4n) is 3.50. The number of aryl methyl sites for hydroxylation is 1. The average molecular weight is 474 g/mol. The predicted molar refractivity (Wildman–Crippen MR) is 130 cm³/mol. The van der Waals surface area contributed by atoms with E-state index in [1.54, 1.807) is 16.8 Å². The summed E-state index contributed by atoms with van der Waals surface area (Å²) in [5, 5.41) is 11.3. The van der Waals surface area contributed by atoms with Gasteiger partial charge in [0.05, 0.1) is 23.2 Å². The number of hydrogen-bond donors (Lipinski definition) is 1. The molecule has 0 radical (unpaired) electrons. The second-order valence-electron chi connectivity index (χ2n) is 9.60. The van der Waals surface area contributed by atoms with Crippen molar-refractivity contribution in [2.24, 2.45) is 0 Å². The van der Waals surface area contributed by atoms with Crippen LogP contribution >= 0.6 is 0 Å². The summed E-state index contributed by atoms with van der Waals surface area (Å²) >= 11 is 0. The van der Waals surface area contributed by atoms with Gasteiger partial charge < -0.3 is 9.84 Å². The van der Waals surface area contributed by atoms with Gasteiger partial charge in [-0.05, 0) is 37.1 Å². The molecule has 4 aromatic rings. The van der Waals surface area contributed by atoms with Crippen LogP contribution in [0.3, 0.4) is 0 Å². The van der Waals surface area contributed by atoms with Crippen LogP contribution in [0.4, 0.5) is 10.1 Å². The van der Waals surface area contributed by atoms with E-state index in [9.17, 15) is 9.18 Å². The smallest absolute Gasteiger partial charge is 0.259 e. The normalized spacial score (nSPS) is 17.3. The van der Waals surface area contributed by atoms with Crippen molar-refractivity contribution in [1.29, 1.82) is 0 Å². The molecule has 9 heteroatoms. The second kappa shape index (κ2) is 8.22. The molecule has 1 N–H and O–H groups in total. The number of carbonyl (C=O) groups excluding carboxylic acids is 1. The summed E-state index contributed by atoms with van der Waals surface area (Å²) in [6.07, 6.45) is 2.90. The second-order valence-corrected chi connectivity index (χ2v) is 14.4. The maximum absolute atomic E-state index is 13.3. The van der Waals surface area contributed by atoms with Crippen LogP contribution in [0, 0.1) is 18.4 Å². The van der Waals surface area contributed by atoms with Crippen molar-refractivity contribution in [1.82, 2.24) is 19.8 Å². The minimum Gasteiger partial charge on any atom is -0.339 e. The summed E-state index contributed by atoms with van der Waals surface area (Å²) in [6.45, 7) is 8.47. The van der Waals surface area contributed by atoms with Gasteiger partial charge in [-0.3, -0.25) is 4.79 Å². The third kappa shape index (κ3) is 4.50. The van der Waals surface area contributed by atoms with Gasteiger partial charge >= 0.3 is 0 Å². The molecular weight excluding hydrogens is 449 g/mol. The lowest BCUT2D eigenvalue weighted by Gasteiger charge is -2.09. The number of anilines is 1. The molecule has 3 aromatic heterocycles. The molecule has 5 rings (SSSR count). The molecule has 1 fully saturated rings. The number of amides is 1. The highest BCUT2D eigenvalue weighted by Crippen LogP contribution is 2.43. The molecule has 2 atom stereocenters. The molecule has 1 aliphatic carbocycles. The Kier molecular flexibility index (Phi) is 5.33. The van der Waals surface area contributed by atoms with E-state index >= 15 is 0 Å². The Balaban J connectivity index is 1.38. The molecule has 34 heavy (non-hydrogen) atoms. The molecule has 1 saturated carbocycles. The van der Waals surface area contributed by atoms with Crippen molar-refractivity contribution >= 4 is 25.2 Å². The largest absolute Gasteiger partial charge is 0.339 e. The van der Waals surface area contributed by atoms with Crippen LogP contribution < -0.4 is 5.32 Å². The third-order valence-electron chi connectivity index (χ3n) is 5.56. The number of benzene rings is 1. The molecule has 1 aromatic carbocycles. The van der Waals surface area contributed by atoms with E-state index in [0.29, 0.717) is 40.5 Å². The van der Waals surface area contributed by atoms with Crippen LogP contribution in [0.15, 0.2) is 47.2 Å². The lowest BCUT2D eigenvalue weighted by molar-refractivity contribution is 0.102. The predicted octanol–water partition coefficient (Wildman–Crippen LogP) is 5.00. The van der Waals surface area contributed by atoms with Crippen molar-refractivity contribution in [2.75, 3.05) is 5.32 Å². The first-order valence-corrected chi connectivity index (χ1v) is 14.6. The molecule has 1 amide bonds. The minimum absolute atomic E-state index is 0.275. The number of hydrogen-bond acceptors (Lipinski definition) is 5. The molecule has 3 heterocycles. The number of carbonyl (C=O) groups is 1. The van der Waals surface area contributed by atoms with Crippen molar-refractivity contribution in [3.05, 3.63) is 65.3 Å². The van der Waals surface area contributed by atoms with Crippen molar-refractivity contribution in [2.45, 2.75) is 45.1 Å². The number of fused-ring (bicyclic) bond motifs is 1. The fourth-order valence-corrected chi connectivity index (χ4v) is 4.02. The summed E-state index contributed by atoms with van der Waals surface area (Å²) in [5.74, 6) is 3.31. The van der Waals surface area contributed by atoms with Crippen molar-refractivity contribution in [3.63, 3.8) is 0 Å². The Hall–Kier alpha value is -3.77. The molecule has 1 aliphatic rings. The van der Waals surface area contributed by atoms with Crippen LogP contribution in [0.2, 0.25) is 19.6 Å². The van der Waals surface area contributed by atoms with Crippen LogP contribution in [-0.2, 0) is 0 Å². The van der Waals surface area contributed by atoms with Gasteiger partial charge in [-0.2, -0.15) is 10.1 Å². The van der Waals surface area contributed by atoms with E-state index in [4.69, 9.17) is 4.52 Å². The lowest BCUT2D eigenvalue weighted by Crippen LogP contribution is -2.16. The van der Waals surface area contributed by atoms with Crippen LogP contribution in [-0.4, -0.2) is 39.9 Å². The zero-order valence-corrected chi connectivity index (χ0v) is 20.4. The first kappa shape index (κ1) is 22.0. The highest BCUT2D eigenvalue weighted by Gasteiger charge is 2.43.